The molecule has 0 fully saturated rings. The average Bonchev–Trinajstić information content (AvgIpc) is 3.00. The van der Waals surface area contributed by atoms with Gasteiger partial charge in [-0.05, 0) is 46.2 Å². The molecule has 1 aromatic carbocycles. The standard InChI is InChI=1S/C22H28N6O2/c1-21(2,3)28-18(23)16(19(24)29)17(27-28)14-8-10-15(11-9-14)25-20(30)26-22(4)12-6-5-7-13-22/h5-12H,13,23H2,1-4H3,(H2,24,29)(H2,25,26,30). The molecule has 0 bridgehead atoms. The van der Waals surface area contributed by atoms with Gasteiger partial charge in [-0.3, -0.25) is 4.79 Å². The summed E-state index contributed by atoms with van der Waals surface area (Å²) in [5, 5.41) is 10.3. The normalized spacial score (nSPS) is 18.3. The lowest BCUT2D eigenvalue weighted by Crippen LogP contribution is -2.46. The molecular weight excluding hydrogens is 380 g/mol. The van der Waals surface area contributed by atoms with Gasteiger partial charge in [-0.2, -0.15) is 5.10 Å². The lowest BCUT2D eigenvalue weighted by Gasteiger charge is -2.28. The molecule has 1 heterocycles. The first-order chi connectivity index (χ1) is 14.0. The van der Waals surface area contributed by atoms with E-state index in [2.05, 4.69) is 15.7 Å². The van der Waals surface area contributed by atoms with Crippen LogP contribution in [0.5, 0.6) is 0 Å². The first-order valence-electron chi connectivity index (χ1n) is 9.73. The molecule has 0 aliphatic heterocycles. The first kappa shape index (κ1) is 21.2. The molecule has 3 amide bonds. The van der Waals surface area contributed by atoms with Crippen molar-refractivity contribution < 1.29 is 9.59 Å². The van der Waals surface area contributed by atoms with Crippen LogP contribution in [0.25, 0.3) is 11.3 Å². The fourth-order valence-corrected chi connectivity index (χ4v) is 3.34. The van der Waals surface area contributed by atoms with E-state index in [1.807, 2.05) is 52.0 Å². The average molecular weight is 409 g/mol. The molecule has 1 aliphatic rings. The number of aromatic nitrogens is 2. The SMILES string of the molecule is CC1(NC(=O)Nc2ccc(-c3nn(C(C)(C)C)c(N)c3C(N)=O)cc2)C=CC=CC1. The van der Waals surface area contributed by atoms with Gasteiger partial charge in [0.25, 0.3) is 5.91 Å². The van der Waals surface area contributed by atoms with E-state index in [1.54, 1.807) is 28.9 Å². The zero-order valence-electron chi connectivity index (χ0n) is 17.7. The quantitative estimate of drug-likeness (QED) is 0.618. The number of primary amides is 1. The number of hydrogen-bond acceptors (Lipinski definition) is 4. The third-order valence-electron chi connectivity index (χ3n) is 4.87. The predicted octanol–water partition coefficient (Wildman–Crippen LogP) is 3.38. The van der Waals surface area contributed by atoms with Crippen LogP contribution in [0.4, 0.5) is 16.3 Å². The van der Waals surface area contributed by atoms with Crippen LogP contribution in [-0.4, -0.2) is 27.3 Å². The van der Waals surface area contributed by atoms with Crippen molar-refractivity contribution in [2.75, 3.05) is 11.1 Å². The van der Waals surface area contributed by atoms with E-state index in [9.17, 15) is 9.59 Å². The van der Waals surface area contributed by atoms with Crippen LogP contribution < -0.4 is 22.1 Å². The van der Waals surface area contributed by atoms with Crippen molar-refractivity contribution in [3.05, 3.63) is 54.1 Å². The van der Waals surface area contributed by atoms with Gasteiger partial charge in [-0.1, -0.05) is 36.4 Å². The van der Waals surface area contributed by atoms with E-state index >= 15 is 0 Å². The Hall–Kier alpha value is -3.55. The zero-order valence-corrected chi connectivity index (χ0v) is 17.7. The van der Waals surface area contributed by atoms with E-state index in [0.717, 1.165) is 6.42 Å². The monoisotopic (exact) mass is 408 g/mol. The summed E-state index contributed by atoms with van der Waals surface area (Å²) in [5.74, 6) is -0.406. The number of anilines is 2. The summed E-state index contributed by atoms with van der Waals surface area (Å²) in [6.45, 7) is 7.77. The van der Waals surface area contributed by atoms with Crippen LogP contribution in [0, 0.1) is 0 Å². The summed E-state index contributed by atoms with van der Waals surface area (Å²) < 4.78 is 1.59. The maximum absolute atomic E-state index is 12.4. The molecule has 2 aromatic rings. The van der Waals surface area contributed by atoms with Crippen LogP contribution in [0.15, 0.2) is 48.6 Å². The Kier molecular flexibility index (Phi) is 5.43. The molecule has 1 unspecified atom stereocenters. The Labute approximate surface area is 176 Å². The summed E-state index contributed by atoms with van der Waals surface area (Å²) >= 11 is 0. The minimum absolute atomic E-state index is 0.188. The van der Waals surface area contributed by atoms with Gasteiger partial charge in [0.15, 0.2) is 0 Å². The number of nitrogens with one attached hydrogen (secondary N) is 2. The van der Waals surface area contributed by atoms with Crippen LogP contribution in [-0.2, 0) is 5.54 Å². The van der Waals surface area contributed by atoms with Crippen LogP contribution >= 0.6 is 0 Å². The molecule has 3 rings (SSSR count). The molecule has 0 radical (unpaired) electrons. The molecule has 0 saturated carbocycles. The summed E-state index contributed by atoms with van der Waals surface area (Å²) in [7, 11) is 0. The molecule has 30 heavy (non-hydrogen) atoms. The molecule has 8 nitrogen and oxygen atoms in total. The molecule has 0 spiro atoms. The Balaban J connectivity index is 1.81. The Morgan fingerprint density at radius 1 is 1.17 bits per heavy atom. The maximum atomic E-state index is 12.4. The fourth-order valence-electron chi connectivity index (χ4n) is 3.34. The third kappa shape index (κ3) is 4.37. The fraction of sp³-hybridized carbons (Fsp3) is 0.318. The Morgan fingerprint density at radius 3 is 2.37 bits per heavy atom. The molecule has 1 atom stereocenters. The minimum Gasteiger partial charge on any atom is -0.383 e. The largest absolute Gasteiger partial charge is 0.383 e. The molecule has 1 aromatic heterocycles. The summed E-state index contributed by atoms with van der Waals surface area (Å²) in [6.07, 6.45) is 8.56. The summed E-state index contributed by atoms with van der Waals surface area (Å²) in [6, 6.07) is 6.71. The number of nitrogen functional groups attached to an aromatic ring is 1. The van der Waals surface area contributed by atoms with Crippen molar-refractivity contribution in [3.8, 4) is 11.3 Å². The molecule has 158 valence electrons. The van der Waals surface area contributed by atoms with Crippen LogP contribution in [0.1, 0.15) is 44.5 Å². The smallest absolute Gasteiger partial charge is 0.319 e. The van der Waals surface area contributed by atoms with Crippen molar-refractivity contribution in [2.24, 2.45) is 5.73 Å². The second kappa shape index (κ2) is 7.70. The van der Waals surface area contributed by atoms with Gasteiger partial charge in [-0.15, -0.1) is 0 Å². The lowest BCUT2D eigenvalue weighted by molar-refractivity contribution is 0.100. The van der Waals surface area contributed by atoms with Crippen molar-refractivity contribution >= 4 is 23.4 Å². The topological polar surface area (TPSA) is 128 Å². The second-order valence-electron chi connectivity index (χ2n) is 8.62. The van der Waals surface area contributed by atoms with Gasteiger partial charge >= 0.3 is 6.03 Å². The number of allylic oxidation sites excluding steroid dienone is 2. The number of nitrogens with zero attached hydrogens (tertiary/aromatic N) is 2. The van der Waals surface area contributed by atoms with Gasteiger partial charge < -0.3 is 22.1 Å². The number of carbonyl (C=O) groups excluding carboxylic acids is 2. The number of nitrogens with two attached hydrogens (primary N) is 2. The van der Waals surface area contributed by atoms with Crippen LogP contribution in [0.2, 0.25) is 0 Å². The van der Waals surface area contributed by atoms with Gasteiger partial charge in [0, 0.05) is 11.3 Å². The zero-order chi connectivity index (χ0) is 22.1. The van der Waals surface area contributed by atoms with Crippen molar-refractivity contribution in [1.82, 2.24) is 15.1 Å². The summed E-state index contributed by atoms with van der Waals surface area (Å²) in [5.41, 5.74) is 12.8. The number of benzene rings is 1. The number of hydrogen-bond donors (Lipinski definition) is 4. The lowest BCUT2D eigenvalue weighted by atomic mass is 9.94. The van der Waals surface area contributed by atoms with Gasteiger partial charge in [0.2, 0.25) is 0 Å². The van der Waals surface area contributed by atoms with Crippen molar-refractivity contribution in [2.45, 2.75) is 45.2 Å². The van der Waals surface area contributed by atoms with Crippen molar-refractivity contribution in [1.29, 1.82) is 0 Å². The number of urea groups is 1. The molecule has 6 N–H and O–H groups in total. The third-order valence-corrected chi connectivity index (χ3v) is 4.87. The van der Waals surface area contributed by atoms with E-state index < -0.39 is 17.0 Å². The van der Waals surface area contributed by atoms with Gasteiger partial charge in [0.1, 0.15) is 17.1 Å². The Morgan fingerprint density at radius 2 is 1.83 bits per heavy atom. The number of amides is 3. The molecule has 8 heteroatoms. The highest BCUT2D eigenvalue weighted by atomic mass is 16.2. The van der Waals surface area contributed by atoms with E-state index in [0.29, 0.717) is 16.9 Å². The highest BCUT2D eigenvalue weighted by molar-refractivity contribution is 6.03. The van der Waals surface area contributed by atoms with E-state index in [-0.39, 0.29) is 17.4 Å². The van der Waals surface area contributed by atoms with Gasteiger partial charge in [0.05, 0.1) is 11.1 Å². The molecular formula is C22H28N6O2. The predicted molar refractivity (Wildman–Crippen MR) is 119 cm³/mol. The van der Waals surface area contributed by atoms with Gasteiger partial charge in [-0.25, -0.2) is 9.48 Å². The first-order valence-corrected chi connectivity index (χ1v) is 9.73. The molecule has 0 saturated heterocycles. The molecule has 1 aliphatic carbocycles. The highest BCUT2D eigenvalue weighted by Crippen LogP contribution is 2.31. The van der Waals surface area contributed by atoms with E-state index in [1.165, 1.54) is 0 Å². The van der Waals surface area contributed by atoms with E-state index in [4.69, 9.17) is 11.5 Å². The maximum Gasteiger partial charge on any atom is 0.319 e. The Bertz CT molecular complexity index is 1030. The number of rotatable bonds is 4. The summed E-state index contributed by atoms with van der Waals surface area (Å²) in [4.78, 5) is 24.4. The minimum atomic E-state index is -0.637. The second-order valence-corrected chi connectivity index (χ2v) is 8.62. The number of carbonyl (C=O) groups is 2. The van der Waals surface area contributed by atoms with Crippen molar-refractivity contribution in [3.63, 3.8) is 0 Å². The highest BCUT2D eigenvalue weighted by Gasteiger charge is 2.27. The van der Waals surface area contributed by atoms with Crippen LogP contribution in [0.3, 0.4) is 0 Å².